The summed E-state index contributed by atoms with van der Waals surface area (Å²) in [5, 5.41) is 7.77. The highest BCUT2D eigenvalue weighted by molar-refractivity contribution is 5.15. The summed E-state index contributed by atoms with van der Waals surface area (Å²) in [5.74, 6) is 1.02. The van der Waals surface area contributed by atoms with E-state index in [0.717, 1.165) is 38.3 Å². The van der Waals surface area contributed by atoms with Crippen LogP contribution in [0.3, 0.4) is 0 Å². The summed E-state index contributed by atoms with van der Waals surface area (Å²) in [4.78, 5) is 4.35. The quantitative estimate of drug-likeness (QED) is 0.805. The van der Waals surface area contributed by atoms with Crippen molar-refractivity contribution >= 4 is 0 Å². The van der Waals surface area contributed by atoms with E-state index in [0.29, 0.717) is 6.04 Å². The normalized spacial score (nSPS) is 12.8. The second-order valence-electron chi connectivity index (χ2n) is 5.19. The molecule has 1 N–H and O–H groups in total. The maximum absolute atomic E-state index is 4.35. The van der Waals surface area contributed by atoms with E-state index in [1.165, 1.54) is 5.56 Å². The van der Waals surface area contributed by atoms with Crippen LogP contribution in [0, 0.1) is 0 Å². The summed E-state index contributed by atoms with van der Waals surface area (Å²) in [5.41, 5.74) is 1.32. The first-order chi connectivity index (χ1) is 9.74. The van der Waals surface area contributed by atoms with Crippen molar-refractivity contribution in [1.82, 2.24) is 24.6 Å². The predicted octanol–water partition coefficient (Wildman–Crippen LogP) is 2.60. The molecule has 2 heterocycles. The molecular weight excluding hydrogens is 250 g/mol. The van der Waals surface area contributed by atoms with E-state index in [2.05, 4.69) is 59.2 Å². The minimum absolute atomic E-state index is 0.393. The average molecular weight is 275 g/mol. The fraction of sp³-hybridized carbons (Fsp3) is 0.600. The Hall–Kier alpha value is -1.62. The van der Waals surface area contributed by atoms with Gasteiger partial charge in [0.1, 0.15) is 12.2 Å². The fourth-order valence-electron chi connectivity index (χ4n) is 2.26. The average Bonchev–Trinajstić information content (AvgIpc) is 3.07. The van der Waals surface area contributed by atoms with Gasteiger partial charge in [-0.2, -0.15) is 5.10 Å². The standard InChI is InChI=1S/C15H25N5/c1-4-7-16-13(3)14-6-9-19(10-14)11-15-17-12-18-20(15)8-5-2/h6,9-10,12-13,16H,4-5,7-8,11H2,1-3H3. The molecule has 0 aliphatic carbocycles. The molecular formula is C15H25N5. The van der Waals surface area contributed by atoms with Crippen LogP contribution in [0.5, 0.6) is 0 Å². The zero-order valence-electron chi connectivity index (χ0n) is 12.7. The Balaban J connectivity index is 2.00. The number of nitrogens with one attached hydrogen (secondary N) is 1. The van der Waals surface area contributed by atoms with E-state index in [-0.39, 0.29) is 0 Å². The highest BCUT2D eigenvalue weighted by Gasteiger charge is 2.08. The van der Waals surface area contributed by atoms with Gasteiger partial charge in [-0.1, -0.05) is 13.8 Å². The van der Waals surface area contributed by atoms with Gasteiger partial charge in [-0.15, -0.1) is 0 Å². The van der Waals surface area contributed by atoms with Crippen molar-refractivity contribution < 1.29 is 0 Å². The van der Waals surface area contributed by atoms with E-state index < -0.39 is 0 Å². The molecule has 0 saturated heterocycles. The zero-order chi connectivity index (χ0) is 14.4. The third kappa shape index (κ3) is 3.70. The molecule has 0 fully saturated rings. The number of hydrogen-bond donors (Lipinski definition) is 1. The summed E-state index contributed by atoms with van der Waals surface area (Å²) in [6.45, 7) is 9.30. The molecule has 2 rings (SSSR count). The Morgan fingerprint density at radius 1 is 1.30 bits per heavy atom. The van der Waals surface area contributed by atoms with Crippen LogP contribution in [-0.2, 0) is 13.1 Å². The molecule has 1 atom stereocenters. The lowest BCUT2D eigenvalue weighted by atomic mass is 10.2. The smallest absolute Gasteiger partial charge is 0.146 e. The SMILES string of the molecule is CCCNC(C)c1ccn(Cc2ncnn2CCC)c1. The van der Waals surface area contributed by atoms with Gasteiger partial charge in [0.05, 0.1) is 6.54 Å². The van der Waals surface area contributed by atoms with E-state index >= 15 is 0 Å². The van der Waals surface area contributed by atoms with Crippen molar-refractivity contribution in [2.45, 2.75) is 52.7 Å². The lowest BCUT2D eigenvalue weighted by Crippen LogP contribution is -2.18. The van der Waals surface area contributed by atoms with Crippen LogP contribution in [0.1, 0.15) is 51.0 Å². The van der Waals surface area contributed by atoms with E-state index in [9.17, 15) is 0 Å². The van der Waals surface area contributed by atoms with Crippen LogP contribution in [-0.4, -0.2) is 25.9 Å². The largest absolute Gasteiger partial charge is 0.346 e. The number of hydrogen-bond acceptors (Lipinski definition) is 3. The van der Waals surface area contributed by atoms with Crippen molar-refractivity contribution in [2.24, 2.45) is 0 Å². The van der Waals surface area contributed by atoms with Crippen molar-refractivity contribution in [3.8, 4) is 0 Å². The molecule has 20 heavy (non-hydrogen) atoms. The molecule has 1 unspecified atom stereocenters. The maximum Gasteiger partial charge on any atom is 0.146 e. The van der Waals surface area contributed by atoms with Crippen LogP contribution < -0.4 is 5.32 Å². The van der Waals surface area contributed by atoms with Gasteiger partial charge in [0.15, 0.2) is 0 Å². The molecule has 0 aliphatic rings. The highest BCUT2D eigenvalue weighted by atomic mass is 15.3. The van der Waals surface area contributed by atoms with E-state index in [1.54, 1.807) is 6.33 Å². The molecule has 0 saturated carbocycles. The molecule has 110 valence electrons. The van der Waals surface area contributed by atoms with Crippen molar-refractivity contribution in [3.63, 3.8) is 0 Å². The molecule has 0 aliphatic heterocycles. The van der Waals surface area contributed by atoms with Gasteiger partial charge in [0, 0.05) is 25.0 Å². The van der Waals surface area contributed by atoms with Gasteiger partial charge < -0.3 is 9.88 Å². The maximum atomic E-state index is 4.35. The van der Waals surface area contributed by atoms with E-state index in [4.69, 9.17) is 0 Å². The van der Waals surface area contributed by atoms with Gasteiger partial charge >= 0.3 is 0 Å². The topological polar surface area (TPSA) is 47.7 Å². The fourth-order valence-corrected chi connectivity index (χ4v) is 2.26. The summed E-state index contributed by atoms with van der Waals surface area (Å²) < 4.78 is 4.16. The Morgan fingerprint density at radius 3 is 2.90 bits per heavy atom. The Morgan fingerprint density at radius 2 is 2.15 bits per heavy atom. The Bertz CT molecular complexity index is 514. The second kappa shape index (κ2) is 7.24. The predicted molar refractivity (Wildman–Crippen MR) is 80.6 cm³/mol. The molecule has 0 amide bonds. The first-order valence-electron chi connectivity index (χ1n) is 7.50. The first-order valence-corrected chi connectivity index (χ1v) is 7.50. The van der Waals surface area contributed by atoms with Crippen molar-refractivity contribution in [2.75, 3.05) is 6.54 Å². The monoisotopic (exact) mass is 275 g/mol. The van der Waals surface area contributed by atoms with Gasteiger partial charge in [-0.05, 0) is 37.9 Å². The summed E-state index contributed by atoms with van der Waals surface area (Å²) in [7, 11) is 0. The molecule has 2 aromatic heterocycles. The van der Waals surface area contributed by atoms with Gasteiger partial charge in [-0.25, -0.2) is 9.67 Å². The zero-order valence-corrected chi connectivity index (χ0v) is 12.7. The van der Waals surface area contributed by atoms with Crippen LogP contribution in [0.25, 0.3) is 0 Å². The molecule has 5 heteroatoms. The molecule has 2 aromatic rings. The van der Waals surface area contributed by atoms with Crippen LogP contribution >= 0.6 is 0 Å². The summed E-state index contributed by atoms with van der Waals surface area (Å²) in [6, 6.07) is 2.57. The summed E-state index contributed by atoms with van der Waals surface area (Å²) in [6.07, 6.45) is 8.18. The molecule has 0 aromatic carbocycles. The molecule has 0 radical (unpaired) electrons. The third-order valence-electron chi connectivity index (χ3n) is 3.43. The van der Waals surface area contributed by atoms with Gasteiger partial charge in [0.2, 0.25) is 0 Å². The van der Waals surface area contributed by atoms with Gasteiger partial charge in [-0.3, -0.25) is 0 Å². The first kappa shape index (κ1) is 14.8. The number of nitrogens with zero attached hydrogens (tertiary/aromatic N) is 4. The van der Waals surface area contributed by atoms with Crippen LogP contribution in [0.4, 0.5) is 0 Å². The second-order valence-corrected chi connectivity index (χ2v) is 5.19. The van der Waals surface area contributed by atoms with Crippen LogP contribution in [0.15, 0.2) is 24.8 Å². The number of aryl methyl sites for hydroxylation is 1. The van der Waals surface area contributed by atoms with Gasteiger partial charge in [0.25, 0.3) is 0 Å². The lowest BCUT2D eigenvalue weighted by Gasteiger charge is -2.11. The van der Waals surface area contributed by atoms with Crippen LogP contribution in [0.2, 0.25) is 0 Å². The third-order valence-corrected chi connectivity index (χ3v) is 3.43. The van der Waals surface area contributed by atoms with Crippen molar-refractivity contribution in [1.29, 1.82) is 0 Å². The van der Waals surface area contributed by atoms with E-state index in [1.807, 2.05) is 4.68 Å². The number of rotatable bonds is 8. The minimum Gasteiger partial charge on any atom is -0.346 e. The Labute approximate surface area is 121 Å². The highest BCUT2D eigenvalue weighted by Crippen LogP contribution is 2.13. The molecule has 5 nitrogen and oxygen atoms in total. The molecule has 0 spiro atoms. The van der Waals surface area contributed by atoms with Crippen molar-refractivity contribution in [3.05, 3.63) is 36.2 Å². The summed E-state index contributed by atoms with van der Waals surface area (Å²) >= 11 is 0. The lowest BCUT2D eigenvalue weighted by molar-refractivity contribution is 0.551. The Kier molecular flexibility index (Phi) is 5.35. The minimum atomic E-state index is 0.393. The number of aromatic nitrogens is 4. The molecule has 0 bridgehead atoms.